The molecular weight excluding hydrogens is 270 g/mol. The highest BCUT2D eigenvalue weighted by Crippen LogP contribution is 2.32. The molecule has 0 bridgehead atoms. The van der Waals surface area contributed by atoms with Crippen molar-refractivity contribution >= 4 is 11.9 Å². The van der Waals surface area contributed by atoms with E-state index in [9.17, 15) is 0 Å². The van der Waals surface area contributed by atoms with Gasteiger partial charge in [0.25, 0.3) is 0 Å². The summed E-state index contributed by atoms with van der Waals surface area (Å²) >= 11 is 0. The number of nitrogens with zero attached hydrogens (tertiary/aromatic N) is 2. The quantitative estimate of drug-likeness (QED) is 0.753. The standard InChI is InChI=1S/C14H19N5O2/c1-2-12-17-13(15)19-14(18-12)16-6-5-9-3-4-10-11(7-9)21-8-20-10/h3-4,7,12H,2,5-6,8H2,1H3,(H4,15,16,17,18,19). The molecule has 2 heterocycles. The number of ether oxygens (including phenoxy) is 2. The van der Waals surface area contributed by atoms with Crippen LogP contribution in [0.2, 0.25) is 0 Å². The minimum absolute atomic E-state index is 0.0979. The normalized spacial score (nSPS) is 19.6. The molecule has 3 rings (SSSR count). The molecular formula is C14H19N5O2. The lowest BCUT2D eigenvalue weighted by molar-refractivity contribution is 0.174. The van der Waals surface area contributed by atoms with Crippen LogP contribution in [0.4, 0.5) is 0 Å². The lowest BCUT2D eigenvalue weighted by Crippen LogP contribution is -2.48. The van der Waals surface area contributed by atoms with Crippen molar-refractivity contribution in [3.8, 4) is 11.5 Å². The highest BCUT2D eigenvalue weighted by Gasteiger charge is 2.14. The molecule has 7 heteroatoms. The fourth-order valence-corrected chi connectivity index (χ4v) is 2.22. The third-order valence-electron chi connectivity index (χ3n) is 3.32. The van der Waals surface area contributed by atoms with Gasteiger partial charge in [-0.2, -0.15) is 0 Å². The molecule has 0 aromatic heterocycles. The maximum absolute atomic E-state index is 5.72. The summed E-state index contributed by atoms with van der Waals surface area (Å²) in [7, 11) is 0. The molecule has 0 aliphatic carbocycles. The highest BCUT2D eigenvalue weighted by molar-refractivity contribution is 5.99. The first-order chi connectivity index (χ1) is 10.2. The van der Waals surface area contributed by atoms with Gasteiger partial charge in [0.1, 0.15) is 6.17 Å². The zero-order valence-corrected chi connectivity index (χ0v) is 11.9. The first-order valence-electron chi connectivity index (χ1n) is 7.05. The van der Waals surface area contributed by atoms with Gasteiger partial charge in [0, 0.05) is 6.54 Å². The van der Waals surface area contributed by atoms with Crippen LogP contribution in [-0.2, 0) is 6.42 Å². The van der Waals surface area contributed by atoms with E-state index in [2.05, 4.69) is 20.6 Å². The van der Waals surface area contributed by atoms with Gasteiger partial charge in [0.15, 0.2) is 23.4 Å². The number of nitrogens with two attached hydrogens (primary N) is 1. The average Bonchev–Trinajstić information content (AvgIpc) is 2.94. The smallest absolute Gasteiger partial charge is 0.231 e. The van der Waals surface area contributed by atoms with E-state index in [0.29, 0.717) is 18.7 Å². The van der Waals surface area contributed by atoms with Gasteiger partial charge in [-0.3, -0.25) is 5.32 Å². The van der Waals surface area contributed by atoms with E-state index in [4.69, 9.17) is 15.2 Å². The van der Waals surface area contributed by atoms with Gasteiger partial charge in [-0.1, -0.05) is 13.0 Å². The Bertz CT molecular complexity index is 585. The number of hydrogen-bond donors (Lipinski definition) is 3. The van der Waals surface area contributed by atoms with Gasteiger partial charge in [-0.15, -0.1) is 0 Å². The fourth-order valence-electron chi connectivity index (χ4n) is 2.22. The van der Waals surface area contributed by atoms with Crippen molar-refractivity contribution in [2.24, 2.45) is 15.7 Å². The van der Waals surface area contributed by atoms with Gasteiger partial charge < -0.3 is 20.5 Å². The fraction of sp³-hybridized carbons (Fsp3) is 0.429. The van der Waals surface area contributed by atoms with E-state index in [1.807, 2.05) is 25.1 Å². The maximum atomic E-state index is 5.72. The van der Waals surface area contributed by atoms with Crippen molar-refractivity contribution in [1.82, 2.24) is 10.6 Å². The van der Waals surface area contributed by atoms with Crippen LogP contribution < -0.4 is 25.8 Å². The predicted molar refractivity (Wildman–Crippen MR) is 80.5 cm³/mol. The van der Waals surface area contributed by atoms with Crippen LogP contribution in [-0.4, -0.2) is 31.4 Å². The van der Waals surface area contributed by atoms with Crippen LogP contribution in [0.25, 0.3) is 0 Å². The van der Waals surface area contributed by atoms with Crippen molar-refractivity contribution in [1.29, 1.82) is 0 Å². The Morgan fingerprint density at radius 2 is 2.19 bits per heavy atom. The summed E-state index contributed by atoms with van der Waals surface area (Å²) in [6.07, 6.45) is 1.58. The van der Waals surface area contributed by atoms with Gasteiger partial charge >= 0.3 is 0 Å². The van der Waals surface area contributed by atoms with Gasteiger partial charge in [0.2, 0.25) is 6.79 Å². The third kappa shape index (κ3) is 3.18. The average molecular weight is 289 g/mol. The molecule has 0 saturated carbocycles. The second kappa shape index (κ2) is 5.90. The number of aliphatic imine (C=N–C) groups is 2. The predicted octanol–water partition coefficient (Wildman–Crippen LogP) is 0.557. The molecule has 7 nitrogen and oxygen atoms in total. The zero-order valence-electron chi connectivity index (χ0n) is 11.9. The summed E-state index contributed by atoms with van der Waals surface area (Å²) in [5.41, 5.74) is 6.90. The molecule has 1 aromatic rings. The lowest BCUT2D eigenvalue weighted by atomic mass is 10.1. The van der Waals surface area contributed by atoms with E-state index >= 15 is 0 Å². The molecule has 2 aliphatic rings. The van der Waals surface area contributed by atoms with E-state index in [1.165, 1.54) is 5.56 Å². The Balaban J connectivity index is 1.53. The monoisotopic (exact) mass is 289 g/mol. The summed E-state index contributed by atoms with van der Waals surface area (Å²) < 4.78 is 10.7. The minimum Gasteiger partial charge on any atom is -0.454 e. The summed E-state index contributed by atoms with van der Waals surface area (Å²) in [4.78, 5) is 8.60. The topological polar surface area (TPSA) is 93.3 Å². The van der Waals surface area contributed by atoms with Crippen molar-refractivity contribution in [3.63, 3.8) is 0 Å². The van der Waals surface area contributed by atoms with Crippen molar-refractivity contribution < 1.29 is 9.47 Å². The SMILES string of the molecule is CCC1N=C(N)NC(NCCc2ccc3c(c2)OCO3)=N1. The summed E-state index contributed by atoms with van der Waals surface area (Å²) in [6.45, 7) is 3.07. The molecule has 1 unspecified atom stereocenters. The first kappa shape index (κ1) is 13.5. The Kier molecular flexibility index (Phi) is 3.81. The molecule has 0 saturated heterocycles. The molecule has 2 aliphatic heterocycles. The first-order valence-corrected chi connectivity index (χ1v) is 7.05. The van der Waals surface area contributed by atoms with Crippen LogP contribution >= 0.6 is 0 Å². The molecule has 0 amide bonds. The second-order valence-electron chi connectivity index (χ2n) is 4.87. The summed E-state index contributed by atoms with van der Waals surface area (Å²) in [6, 6.07) is 5.98. The van der Waals surface area contributed by atoms with Crippen molar-refractivity contribution in [3.05, 3.63) is 23.8 Å². The van der Waals surface area contributed by atoms with E-state index in [-0.39, 0.29) is 6.17 Å². The third-order valence-corrected chi connectivity index (χ3v) is 3.32. The number of guanidine groups is 2. The van der Waals surface area contributed by atoms with Crippen LogP contribution in [0.15, 0.2) is 28.2 Å². The summed E-state index contributed by atoms with van der Waals surface area (Å²) in [5, 5.41) is 6.17. The molecule has 1 aromatic carbocycles. The molecule has 1 atom stereocenters. The number of nitrogens with one attached hydrogen (secondary N) is 2. The van der Waals surface area contributed by atoms with E-state index in [0.717, 1.165) is 30.9 Å². The number of benzene rings is 1. The Morgan fingerprint density at radius 3 is 3.05 bits per heavy atom. The minimum atomic E-state index is -0.0979. The molecule has 0 spiro atoms. The van der Waals surface area contributed by atoms with Crippen LogP contribution in [0.3, 0.4) is 0 Å². The van der Waals surface area contributed by atoms with Gasteiger partial charge in [-0.05, 0) is 30.5 Å². The van der Waals surface area contributed by atoms with Crippen molar-refractivity contribution in [2.45, 2.75) is 25.9 Å². The number of rotatable bonds is 4. The number of fused-ring (bicyclic) bond motifs is 1. The van der Waals surface area contributed by atoms with Gasteiger partial charge in [-0.25, -0.2) is 9.98 Å². The Labute approximate surface area is 123 Å². The maximum Gasteiger partial charge on any atom is 0.231 e. The van der Waals surface area contributed by atoms with Crippen LogP contribution in [0.1, 0.15) is 18.9 Å². The molecule has 112 valence electrons. The Morgan fingerprint density at radius 1 is 1.33 bits per heavy atom. The molecule has 0 radical (unpaired) electrons. The number of hydrogen-bond acceptors (Lipinski definition) is 7. The van der Waals surface area contributed by atoms with E-state index < -0.39 is 0 Å². The highest BCUT2D eigenvalue weighted by atomic mass is 16.7. The van der Waals surface area contributed by atoms with E-state index in [1.54, 1.807) is 0 Å². The van der Waals surface area contributed by atoms with Crippen LogP contribution in [0.5, 0.6) is 11.5 Å². The Hall–Kier alpha value is -2.44. The molecule has 21 heavy (non-hydrogen) atoms. The summed E-state index contributed by atoms with van der Waals surface area (Å²) in [5.74, 6) is 2.69. The molecule has 4 N–H and O–H groups in total. The zero-order chi connectivity index (χ0) is 14.7. The molecule has 0 fully saturated rings. The van der Waals surface area contributed by atoms with Gasteiger partial charge in [0.05, 0.1) is 0 Å². The van der Waals surface area contributed by atoms with Crippen molar-refractivity contribution in [2.75, 3.05) is 13.3 Å². The lowest BCUT2D eigenvalue weighted by Gasteiger charge is -2.19. The largest absolute Gasteiger partial charge is 0.454 e. The second-order valence-corrected chi connectivity index (χ2v) is 4.87. The van der Waals surface area contributed by atoms with Crippen LogP contribution in [0, 0.1) is 0 Å².